The lowest BCUT2D eigenvalue weighted by molar-refractivity contribution is 1.74. The summed E-state index contributed by atoms with van der Waals surface area (Å²) in [6.07, 6.45) is 0. The van der Waals surface area contributed by atoms with Crippen LogP contribution in [0.2, 0.25) is 0 Å². The van der Waals surface area contributed by atoms with Crippen molar-refractivity contribution in [2.45, 2.75) is 0 Å². The Morgan fingerprint density at radius 1 is 0.219 bits per heavy atom. The van der Waals surface area contributed by atoms with Crippen molar-refractivity contribution in [3.8, 4) is 0 Å². The van der Waals surface area contributed by atoms with E-state index in [0.717, 1.165) is 0 Å². The Kier molecular flexibility index (Phi) is 6.55. The highest BCUT2D eigenvalue weighted by atomic mass is 31.1. The first-order valence-electron chi connectivity index (χ1n) is 10.8. The lowest BCUT2D eigenvalue weighted by Gasteiger charge is -2.22. The first kappa shape index (κ1) is 20.8. The zero-order valence-corrected chi connectivity index (χ0v) is 19.5. The fraction of sp³-hybridized carbons (Fsp3) is 0. The maximum absolute atomic E-state index is 2.35. The molecule has 0 heterocycles. The van der Waals surface area contributed by atoms with E-state index in [1.165, 1.54) is 31.8 Å². The van der Waals surface area contributed by atoms with Gasteiger partial charge in [0.1, 0.15) is 0 Å². The molecule has 0 aliphatic heterocycles. The summed E-state index contributed by atoms with van der Waals surface area (Å²) in [7, 11) is -1.16. The predicted molar refractivity (Wildman–Crippen MR) is 144 cm³/mol. The van der Waals surface area contributed by atoms with E-state index in [4.69, 9.17) is 0 Å². The van der Waals surface area contributed by atoms with Crippen molar-refractivity contribution in [1.29, 1.82) is 0 Å². The monoisotopic (exact) mass is 446 g/mol. The smallest absolute Gasteiger partial charge is 0.0134 e. The third-order valence-corrected chi connectivity index (χ3v) is 10.3. The molecule has 0 aromatic heterocycles. The molecule has 0 nitrogen and oxygen atoms in total. The van der Waals surface area contributed by atoms with Crippen LogP contribution in [0.5, 0.6) is 0 Å². The Hall–Kier alpha value is -3.04. The molecule has 0 radical (unpaired) electrons. The molecule has 0 unspecified atom stereocenters. The van der Waals surface area contributed by atoms with Crippen molar-refractivity contribution < 1.29 is 0 Å². The molecular formula is C30H24P2. The molecule has 154 valence electrons. The van der Waals surface area contributed by atoms with Crippen LogP contribution in [0.4, 0.5) is 0 Å². The summed E-state index contributed by atoms with van der Waals surface area (Å²) in [5.41, 5.74) is 0. The highest BCUT2D eigenvalue weighted by Crippen LogP contribution is 2.35. The lowest BCUT2D eigenvalue weighted by atomic mass is 10.3. The van der Waals surface area contributed by atoms with Gasteiger partial charge < -0.3 is 0 Å². The van der Waals surface area contributed by atoms with Crippen LogP contribution in [-0.2, 0) is 0 Å². The van der Waals surface area contributed by atoms with Gasteiger partial charge in [-0.1, -0.05) is 146 Å². The molecular weight excluding hydrogens is 422 g/mol. The Morgan fingerprint density at radius 2 is 0.406 bits per heavy atom. The lowest BCUT2D eigenvalue weighted by Crippen LogP contribution is -2.24. The molecule has 5 aromatic carbocycles. The Balaban J connectivity index is 1.57. The minimum absolute atomic E-state index is 0.579. The second-order valence-corrected chi connectivity index (χ2v) is 12.0. The van der Waals surface area contributed by atoms with Crippen LogP contribution in [0.15, 0.2) is 146 Å². The van der Waals surface area contributed by atoms with Gasteiger partial charge in [-0.2, -0.15) is 0 Å². The third kappa shape index (κ3) is 4.58. The van der Waals surface area contributed by atoms with Gasteiger partial charge in [0.15, 0.2) is 0 Å². The van der Waals surface area contributed by atoms with Crippen LogP contribution in [-0.4, -0.2) is 0 Å². The summed E-state index contributed by atoms with van der Waals surface area (Å²) in [5, 5.41) is 8.31. The van der Waals surface area contributed by atoms with Gasteiger partial charge in [-0.25, -0.2) is 0 Å². The van der Waals surface area contributed by atoms with Crippen LogP contribution in [0.25, 0.3) is 0 Å². The normalized spacial score (nSPS) is 11.1. The van der Waals surface area contributed by atoms with Crippen molar-refractivity contribution in [2.24, 2.45) is 0 Å². The quantitative estimate of drug-likeness (QED) is 0.315. The number of hydrogen-bond acceptors (Lipinski definition) is 0. The van der Waals surface area contributed by atoms with Gasteiger partial charge in [0.05, 0.1) is 0 Å². The predicted octanol–water partition coefficient (Wildman–Crippen LogP) is 5.20. The molecule has 5 aromatic rings. The standard InChI is InChI=1S/C30H24P2/c1-5-13-25(14-6-1)31(26-15-7-2-8-16-26)29-21-23-30(24-22-29)32(27-17-9-3-10-18-27)28-19-11-4-12-20-28/h1-24H. The fourth-order valence-electron chi connectivity index (χ4n) is 3.95. The fourth-order valence-corrected chi connectivity index (χ4v) is 8.52. The Morgan fingerprint density at radius 3 is 0.625 bits per heavy atom. The second-order valence-electron chi connectivity index (χ2n) is 7.53. The van der Waals surface area contributed by atoms with Gasteiger partial charge in [0, 0.05) is 0 Å². The number of hydrogen-bond donors (Lipinski definition) is 0. The maximum Gasteiger partial charge on any atom is -0.0134 e. The van der Waals surface area contributed by atoms with Gasteiger partial charge in [-0.15, -0.1) is 0 Å². The molecule has 0 spiro atoms. The van der Waals surface area contributed by atoms with Crippen molar-refractivity contribution in [3.05, 3.63) is 146 Å². The number of benzene rings is 5. The summed E-state index contributed by atoms with van der Waals surface area (Å²) >= 11 is 0. The van der Waals surface area contributed by atoms with Gasteiger partial charge in [0.2, 0.25) is 0 Å². The summed E-state index contributed by atoms with van der Waals surface area (Å²) < 4.78 is 0. The van der Waals surface area contributed by atoms with Crippen LogP contribution in [0.1, 0.15) is 0 Å². The third-order valence-electron chi connectivity index (χ3n) is 5.42. The first-order chi connectivity index (χ1) is 15.9. The van der Waals surface area contributed by atoms with E-state index in [1.807, 2.05) is 0 Å². The topological polar surface area (TPSA) is 0 Å². The summed E-state index contributed by atoms with van der Waals surface area (Å²) in [5.74, 6) is 0. The first-order valence-corrected chi connectivity index (χ1v) is 13.5. The SMILES string of the molecule is c1ccc(P(c2ccccc2)c2ccc(P(c3ccccc3)c3ccccc3)cc2)cc1. The number of rotatable bonds is 6. The average molecular weight is 446 g/mol. The van der Waals surface area contributed by atoms with Crippen LogP contribution >= 0.6 is 15.8 Å². The van der Waals surface area contributed by atoms with Gasteiger partial charge >= 0.3 is 0 Å². The van der Waals surface area contributed by atoms with Gasteiger partial charge in [0.25, 0.3) is 0 Å². The molecule has 0 saturated heterocycles. The summed E-state index contributed by atoms with van der Waals surface area (Å²) in [6, 6.07) is 53.0. The Labute approximate surface area is 193 Å². The van der Waals surface area contributed by atoms with Crippen molar-refractivity contribution in [3.63, 3.8) is 0 Å². The van der Waals surface area contributed by atoms with Crippen molar-refractivity contribution in [2.75, 3.05) is 0 Å². The van der Waals surface area contributed by atoms with Gasteiger partial charge in [-0.3, -0.25) is 0 Å². The molecule has 5 rings (SSSR count). The maximum atomic E-state index is 2.35. The van der Waals surface area contributed by atoms with E-state index in [-0.39, 0.29) is 0 Å². The molecule has 0 fully saturated rings. The molecule has 0 atom stereocenters. The van der Waals surface area contributed by atoms with E-state index in [0.29, 0.717) is 0 Å². The minimum Gasteiger partial charge on any atom is -0.0622 e. The van der Waals surface area contributed by atoms with Crippen molar-refractivity contribution in [1.82, 2.24) is 0 Å². The van der Waals surface area contributed by atoms with Crippen LogP contribution in [0.3, 0.4) is 0 Å². The zero-order valence-electron chi connectivity index (χ0n) is 17.8. The molecule has 0 N–H and O–H groups in total. The average Bonchev–Trinajstić information content (AvgIpc) is 2.88. The van der Waals surface area contributed by atoms with E-state index < -0.39 is 15.8 Å². The summed E-state index contributed by atoms with van der Waals surface area (Å²) in [6.45, 7) is 0. The molecule has 0 aliphatic carbocycles. The molecule has 0 aliphatic rings. The zero-order chi connectivity index (χ0) is 21.6. The van der Waals surface area contributed by atoms with Crippen molar-refractivity contribution >= 4 is 47.7 Å². The summed E-state index contributed by atoms with van der Waals surface area (Å²) in [4.78, 5) is 0. The molecule has 32 heavy (non-hydrogen) atoms. The highest BCUT2D eigenvalue weighted by Gasteiger charge is 2.19. The molecule has 0 amide bonds. The molecule has 2 heteroatoms. The van der Waals surface area contributed by atoms with Crippen LogP contribution < -0.4 is 31.8 Å². The van der Waals surface area contributed by atoms with Gasteiger partial charge in [-0.05, 0) is 47.7 Å². The molecule has 0 bridgehead atoms. The Bertz CT molecular complexity index is 1060. The van der Waals surface area contributed by atoms with E-state index in [1.54, 1.807) is 0 Å². The van der Waals surface area contributed by atoms with E-state index in [2.05, 4.69) is 146 Å². The minimum atomic E-state index is -0.579. The van der Waals surface area contributed by atoms with E-state index >= 15 is 0 Å². The second kappa shape index (κ2) is 10.1. The largest absolute Gasteiger partial charge is 0.0622 e. The molecule has 0 saturated carbocycles. The highest BCUT2D eigenvalue weighted by molar-refractivity contribution is 7.80. The van der Waals surface area contributed by atoms with Crippen LogP contribution in [0, 0.1) is 0 Å². The van der Waals surface area contributed by atoms with E-state index in [9.17, 15) is 0 Å².